The van der Waals surface area contributed by atoms with Gasteiger partial charge in [-0.25, -0.2) is 8.42 Å². The van der Waals surface area contributed by atoms with Crippen LogP contribution in [0.25, 0.3) is 0 Å². The van der Waals surface area contributed by atoms with Gasteiger partial charge < -0.3 is 10.2 Å². The van der Waals surface area contributed by atoms with Gasteiger partial charge in [0.2, 0.25) is 11.8 Å². The Morgan fingerprint density at radius 3 is 2.16 bits per heavy atom. The van der Waals surface area contributed by atoms with Crippen LogP contribution < -0.4 is 9.62 Å². The van der Waals surface area contributed by atoms with Crippen molar-refractivity contribution in [2.75, 3.05) is 17.4 Å². The highest BCUT2D eigenvalue weighted by molar-refractivity contribution is 7.92. The van der Waals surface area contributed by atoms with Crippen LogP contribution in [0.5, 0.6) is 0 Å². The maximum atomic E-state index is 13.8. The van der Waals surface area contributed by atoms with Crippen LogP contribution in [0.15, 0.2) is 83.8 Å². The molecule has 0 aliphatic heterocycles. The van der Waals surface area contributed by atoms with E-state index in [0.29, 0.717) is 22.2 Å². The molecule has 0 radical (unpaired) electrons. The van der Waals surface area contributed by atoms with Gasteiger partial charge in [-0.1, -0.05) is 66.5 Å². The standard InChI is InChI=1S/C27H29Cl2N3O4S/c1-3-17-30-27(34)20(2)31(18-21-9-7-8-12-25(21)29)26(33)19-32(23-15-13-22(28)14-16-23)37(35,36)24-10-5-4-6-11-24/h4-16,20H,3,17-19H2,1-2H3,(H,30,34)/t20-/m0/s1. The average molecular weight is 563 g/mol. The molecule has 0 bridgehead atoms. The van der Waals surface area contributed by atoms with Crippen molar-refractivity contribution in [3.05, 3.63) is 94.5 Å². The lowest BCUT2D eigenvalue weighted by Gasteiger charge is -2.32. The van der Waals surface area contributed by atoms with E-state index < -0.39 is 28.5 Å². The number of anilines is 1. The number of sulfonamides is 1. The first-order valence-corrected chi connectivity index (χ1v) is 14.0. The summed E-state index contributed by atoms with van der Waals surface area (Å²) in [6.45, 7) is 3.48. The third kappa shape index (κ3) is 7.25. The van der Waals surface area contributed by atoms with Gasteiger partial charge in [-0.2, -0.15) is 0 Å². The minimum atomic E-state index is -4.12. The van der Waals surface area contributed by atoms with E-state index in [1.807, 2.05) is 6.92 Å². The van der Waals surface area contributed by atoms with Crippen molar-refractivity contribution in [1.29, 1.82) is 0 Å². The van der Waals surface area contributed by atoms with Crippen molar-refractivity contribution in [2.24, 2.45) is 0 Å². The van der Waals surface area contributed by atoms with Crippen LogP contribution in [0.2, 0.25) is 10.0 Å². The maximum Gasteiger partial charge on any atom is 0.264 e. The molecule has 0 saturated heterocycles. The lowest BCUT2D eigenvalue weighted by Crippen LogP contribution is -2.51. The van der Waals surface area contributed by atoms with E-state index in [1.165, 1.54) is 29.2 Å². The number of halogens is 2. The summed E-state index contributed by atoms with van der Waals surface area (Å²) in [6, 6.07) is 20.2. The summed E-state index contributed by atoms with van der Waals surface area (Å²) in [6.07, 6.45) is 0.733. The molecule has 0 spiro atoms. The molecule has 1 atom stereocenters. The second kappa shape index (κ2) is 12.9. The Morgan fingerprint density at radius 2 is 1.54 bits per heavy atom. The summed E-state index contributed by atoms with van der Waals surface area (Å²) < 4.78 is 28.3. The Morgan fingerprint density at radius 1 is 0.919 bits per heavy atom. The van der Waals surface area contributed by atoms with Crippen LogP contribution >= 0.6 is 23.2 Å². The fraction of sp³-hybridized carbons (Fsp3) is 0.259. The molecule has 196 valence electrons. The molecule has 3 aromatic carbocycles. The monoisotopic (exact) mass is 561 g/mol. The van der Waals surface area contributed by atoms with E-state index >= 15 is 0 Å². The number of hydrogen-bond acceptors (Lipinski definition) is 4. The molecular formula is C27H29Cl2N3O4S. The van der Waals surface area contributed by atoms with Crippen molar-refractivity contribution in [3.8, 4) is 0 Å². The van der Waals surface area contributed by atoms with Crippen molar-refractivity contribution >= 4 is 50.7 Å². The van der Waals surface area contributed by atoms with Gasteiger partial charge in [0, 0.05) is 23.1 Å². The molecule has 0 unspecified atom stereocenters. The zero-order chi connectivity index (χ0) is 27.0. The van der Waals surface area contributed by atoms with Crippen LogP contribution in [0.1, 0.15) is 25.8 Å². The molecule has 0 heterocycles. The van der Waals surface area contributed by atoms with Crippen LogP contribution in [0, 0.1) is 0 Å². The highest BCUT2D eigenvalue weighted by Crippen LogP contribution is 2.26. The van der Waals surface area contributed by atoms with Gasteiger partial charge in [-0.05, 0) is 61.4 Å². The predicted molar refractivity (Wildman–Crippen MR) is 147 cm³/mol. The number of amides is 2. The fourth-order valence-electron chi connectivity index (χ4n) is 3.64. The first kappa shape index (κ1) is 28.5. The van der Waals surface area contributed by atoms with Gasteiger partial charge in [0.25, 0.3) is 10.0 Å². The van der Waals surface area contributed by atoms with Crippen LogP contribution in [-0.4, -0.2) is 44.3 Å². The van der Waals surface area contributed by atoms with Crippen molar-refractivity contribution < 1.29 is 18.0 Å². The molecular weight excluding hydrogens is 533 g/mol. The van der Waals surface area contributed by atoms with Gasteiger partial charge in [0.05, 0.1) is 10.6 Å². The summed E-state index contributed by atoms with van der Waals surface area (Å²) >= 11 is 12.4. The minimum Gasteiger partial charge on any atom is -0.354 e. The Balaban J connectivity index is 2.01. The van der Waals surface area contributed by atoms with Crippen LogP contribution in [-0.2, 0) is 26.2 Å². The normalized spacial score (nSPS) is 12.0. The summed E-state index contributed by atoms with van der Waals surface area (Å²) in [5.74, 6) is -0.903. The highest BCUT2D eigenvalue weighted by Gasteiger charge is 2.32. The van der Waals surface area contributed by atoms with Gasteiger partial charge in [0.1, 0.15) is 12.6 Å². The van der Waals surface area contributed by atoms with Crippen LogP contribution in [0.4, 0.5) is 5.69 Å². The minimum absolute atomic E-state index is 0.0268. The number of hydrogen-bond donors (Lipinski definition) is 1. The third-order valence-electron chi connectivity index (χ3n) is 5.74. The highest BCUT2D eigenvalue weighted by atomic mass is 35.5. The Kier molecular flexibility index (Phi) is 9.97. The first-order valence-electron chi connectivity index (χ1n) is 11.8. The number of benzene rings is 3. The van der Waals surface area contributed by atoms with Crippen LogP contribution in [0.3, 0.4) is 0 Å². The summed E-state index contributed by atoms with van der Waals surface area (Å²) in [5, 5.41) is 3.67. The number of nitrogens with zero attached hydrogens (tertiary/aromatic N) is 2. The third-order valence-corrected chi connectivity index (χ3v) is 8.15. The van der Waals surface area contributed by atoms with Crippen molar-refractivity contribution in [3.63, 3.8) is 0 Å². The van der Waals surface area contributed by atoms with E-state index in [2.05, 4.69) is 5.32 Å². The van der Waals surface area contributed by atoms with E-state index in [0.717, 1.165) is 10.7 Å². The average Bonchev–Trinajstić information content (AvgIpc) is 2.90. The maximum absolute atomic E-state index is 13.8. The Hall–Kier alpha value is -3.07. The molecule has 0 fully saturated rings. The number of carbonyl (C=O) groups is 2. The largest absolute Gasteiger partial charge is 0.354 e. The Bertz CT molecular complexity index is 1320. The molecule has 0 aromatic heterocycles. The Labute approximate surface area is 228 Å². The van der Waals surface area contributed by atoms with E-state index in [-0.39, 0.29) is 23.0 Å². The van der Waals surface area contributed by atoms with Gasteiger partial charge in [-0.3, -0.25) is 13.9 Å². The second-order valence-electron chi connectivity index (χ2n) is 8.38. The molecule has 37 heavy (non-hydrogen) atoms. The smallest absolute Gasteiger partial charge is 0.264 e. The fourth-order valence-corrected chi connectivity index (χ4v) is 5.40. The summed E-state index contributed by atoms with van der Waals surface area (Å²) in [7, 11) is -4.12. The second-order valence-corrected chi connectivity index (χ2v) is 11.1. The number of nitrogens with one attached hydrogen (secondary N) is 1. The number of carbonyl (C=O) groups excluding carboxylic acids is 2. The molecule has 0 aliphatic rings. The molecule has 7 nitrogen and oxygen atoms in total. The molecule has 3 rings (SSSR count). The predicted octanol–water partition coefficient (Wildman–Crippen LogP) is 5.13. The van der Waals surface area contributed by atoms with Gasteiger partial charge >= 0.3 is 0 Å². The molecule has 2 amide bonds. The molecule has 0 aliphatic carbocycles. The molecule has 0 saturated carbocycles. The van der Waals surface area contributed by atoms with E-state index in [1.54, 1.807) is 61.5 Å². The van der Waals surface area contributed by atoms with Crippen molar-refractivity contribution in [1.82, 2.24) is 10.2 Å². The molecule has 10 heteroatoms. The first-order chi connectivity index (χ1) is 17.6. The van der Waals surface area contributed by atoms with E-state index in [4.69, 9.17) is 23.2 Å². The zero-order valence-electron chi connectivity index (χ0n) is 20.6. The SMILES string of the molecule is CCCNC(=O)[C@H](C)N(Cc1ccccc1Cl)C(=O)CN(c1ccc(Cl)cc1)S(=O)(=O)c1ccccc1. The van der Waals surface area contributed by atoms with Gasteiger partial charge in [0.15, 0.2) is 0 Å². The van der Waals surface area contributed by atoms with E-state index in [9.17, 15) is 18.0 Å². The molecule has 1 N–H and O–H groups in total. The summed E-state index contributed by atoms with van der Waals surface area (Å²) in [4.78, 5) is 28.0. The molecule has 3 aromatic rings. The van der Waals surface area contributed by atoms with Crippen molar-refractivity contribution in [2.45, 2.75) is 37.8 Å². The van der Waals surface area contributed by atoms with Gasteiger partial charge in [-0.15, -0.1) is 0 Å². The quantitative estimate of drug-likeness (QED) is 0.351. The lowest BCUT2D eigenvalue weighted by atomic mass is 10.1. The number of rotatable bonds is 11. The topological polar surface area (TPSA) is 86.8 Å². The summed E-state index contributed by atoms with van der Waals surface area (Å²) in [5.41, 5.74) is 0.902. The zero-order valence-corrected chi connectivity index (χ0v) is 22.9. The lowest BCUT2D eigenvalue weighted by molar-refractivity contribution is -0.139.